The standard InChI is InChI=1S/C20H19N5O3S2/c1-3-16-17(25-11-4-5-13(2)18(25)23-16)19(26)22-14-6-8-15(9-7-14)30(27,28)24-20-21-10-12-29-20/h4-12H,3H2,1-2H3,(H,21,24)(H,22,26). The van der Waals surface area contributed by atoms with E-state index in [4.69, 9.17) is 0 Å². The Hall–Kier alpha value is -3.24. The number of nitrogens with one attached hydrogen (secondary N) is 2. The van der Waals surface area contributed by atoms with Crippen LogP contribution in [0.2, 0.25) is 0 Å². The van der Waals surface area contributed by atoms with Gasteiger partial charge in [-0.1, -0.05) is 13.0 Å². The van der Waals surface area contributed by atoms with Gasteiger partial charge < -0.3 is 5.32 Å². The largest absolute Gasteiger partial charge is 0.321 e. The topological polar surface area (TPSA) is 105 Å². The van der Waals surface area contributed by atoms with Gasteiger partial charge >= 0.3 is 0 Å². The number of sulfonamides is 1. The zero-order valence-electron chi connectivity index (χ0n) is 16.3. The third kappa shape index (κ3) is 3.79. The predicted molar refractivity (Wildman–Crippen MR) is 117 cm³/mol. The molecule has 4 rings (SSSR count). The van der Waals surface area contributed by atoms with Gasteiger partial charge in [0.25, 0.3) is 15.9 Å². The summed E-state index contributed by atoms with van der Waals surface area (Å²) < 4.78 is 29.1. The molecule has 1 aromatic carbocycles. The SMILES string of the molecule is CCc1nc2c(C)cccn2c1C(=O)Nc1ccc(S(=O)(=O)Nc2nccs2)cc1. The number of benzene rings is 1. The Bertz CT molecular complexity index is 1310. The highest BCUT2D eigenvalue weighted by Crippen LogP contribution is 2.21. The molecular formula is C20H19N5O3S2. The third-order valence-electron chi connectivity index (χ3n) is 4.54. The number of pyridine rings is 1. The number of thiazole rings is 1. The van der Waals surface area contributed by atoms with E-state index in [1.54, 1.807) is 21.9 Å². The number of carbonyl (C=O) groups excluding carboxylic acids is 1. The Kier molecular flexibility index (Phi) is 5.27. The molecule has 3 heterocycles. The van der Waals surface area contributed by atoms with E-state index in [0.717, 1.165) is 11.2 Å². The molecule has 0 aliphatic rings. The van der Waals surface area contributed by atoms with Crippen molar-refractivity contribution in [2.45, 2.75) is 25.2 Å². The van der Waals surface area contributed by atoms with Crippen molar-refractivity contribution < 1.29 is 13.2 Å². The van der Waals surface area contributed by atoms with E-state index in [0.29, 0.717) is 28.6 Å². The third-order valence-corrected chi connectivity index (χ3v) is 6.72. The number of rotatable bonds is 6. The van der Waals surface area contributed by atoms with Crippen molar-refractivity contribution in [3.63, 3.8) is 0 Å². The smallest absolute Gasteiger partial charge is 0.274 e. The molecule has 0 aliphatic heterocycles. The van der Waals surface area contributed by atoms with Crippen LogP contribution in [-0.2, 0) is 16.4 Å². The minimum absolute atomic E-state index is 0.0790. The fourth-order valence-corrected chi connectivity index (χ4v) is 4.88. The normalized spacial score (nSPS) is 11.5. The van der Waals surface area contributed by atoms with Gasteiger partial charge in [0.2, 0.25) is 0 Å². The van der Waals surface area contributed by atoms with Crippen LogP contribution < -0.4 is 10.0 Å². The Morgan fingerprint density at radius 3 is 2.63 bits per heavy atom. The summed E-state index contributed by atoms with van der Waals surface area (Å²) in [5.74, 6) is -0.304. The number of anilines is 2. The molecule has 0 saturated heterocycles. The summed E-state index contributed by atoms with van der Waals surface area (Å²) >= 11 is 1.19. The van der Waals surface area contributed by atoms with E-state index in [2.05, 4.69) is 20.0 Å². The number of hydrogen-bond donors (Lipinski definition) is 2. The van der Waals surface area contributed by atoms with Crippen LogP contribution in [0.3, 0.4) is 0 Å². The van der Waals surface area contributed by atoms with E-state index in [1.807, 2.05) is 32.2 Å². The van der Waals surface area contributed by atoms with Gasteiger partial charge in [0.15, 0.2) is 5.13 Å². The van der Waals surface area contributed by atoms with Crippen molar-refractivity contribution >= 4 is 43.7 Å². The maximum Gasteiger partial charge on any atom is 0.274 e. The first-order valence-electron chi connectivity index (χ1n) is 9.19. The molecule has 0 radical (unpaired) electrons. The van der Waals surface area contributed by atoms with Crippen molar-refractivity contribution in [3.05, 3.63) is 71.1 Å². The van der Waals surface area contributed by atoms with E-state index >= 15 is 0 Å². The molecular weight excluding hydrogens is 422 g/mol. The number of aromatic nitrogens is 3. The van der Waals surface area contributed by atoms with Gasteiger partial charge in [0, 0.05) is 23.5 Å². The summed E-state index contributed by atoms with van der Waals surface area (Å²) in [6, 6.07) is 9.79. The highest BCUT2D eigenvalue weighted by molar-refractivity contribution is 7.93. The summed E-state index contributed by atoms with van der Waals surface area (Å²) in [6.07, 6.45) is 3.94. The monoisotopic (exact) mass is 441 g/mol. The molecule has 0 aliphatic carbocycles. The Morgan fingerprint density at radius 1 is 1.20 bits per heavy atom. The maximum atomic E-state index is 13.0. The van der Waals surface area contributed by atoms with Gasteiger partial charge in [-0.15, -0.1) is 11.3 Å². The average molecular weight is 442 g/mol. The van der Waals surface area contributed by atoms with Crippen LogP contribution in [0.25, 0.3) is 5.65 Å². The lowest BCUT2D eigenvalue weighted by Crippen LogP contribution is -2.17. The number of carbonyl (C=O) groups is 1. The Balaban J connectivity index is 1.58. The number of imidazole rings is 1. The number of aryl methyl sites for hydroxylation is 2. The molecule has 1 amide bonds. The molecule has 10 heteroatoms. The van der Waals surface area contributed by atoms with E-state index in [-0.39, 0.29) is 10.8 Å². The fraction of sp³-hybridized carbons (Fsp3) is 0.150. The van der Waals surface area contributed by atoms with Gasteiger partial charge in [-0.25, -0.2) is 18.4 Å². The molecule has 0 saturated carbocycles. The van der Waals surface area contributed by atoms with Crippen molar-refractivity contribution in [1.29, 1.82) is 0 Å². The first-order chi connectivity index (χ1) is 14.4. The van der Waals surface area contributed by atoms with Crippen LogP contribution in [0.15, 0.2) is 59.1 Å². The quantitative estimate of drug-likeness (QED) is 0.474. The van der Waals surface area contributed by atoms with E-state index < -0.39 is 10.0 Å². The summed E-state index contributed by atoms with van der Waals surface area (Å²) in [4.78, 5) is 21.6. The lowest BCUT2D eigenvalue weighted by atomic mass is 10.2. The van der Waals surface area contributed by atoms with Crippen molar-refractivity contribution in [1.82, 2.24) is 14.4 Å². The zero-order valence-corrected chi connectivity index (χ0v) is 17.9. The van der Waals surface area contributed by atoms with E-state index in [1.165, 1.54) is 29.7 Å². The van der Waals surface area contributed by atoms with Crippen LogP contribution in [0.1, 0.15) is 28.7 Å². The lowest BCUT2D eigenvalue weighted by molar-refractivity contribution is 0.102. The second-order valence-electron chi connectivity index (χ2n) is 6.57. The second kappa shape index (κ2) is 7.88. The second-order valence-corrected chi connectivity index (χ2v) is 9.14. The highest BCUT2D eigenvalue weighted by atomic mass is 32.2. The molecule has 0 bridgehead atoms. The maximum absolute atomic E-state index is 13.0. The summed E-state index contributed by atoms with van der Waals surface area (Å²) in [6.45, 7) is 3.89. The Labute approximate surface area is 177 Å². The van der Waals surface area contributed by atoms with Crippen LogP contribution >= 0.6 is 11.3 Å². The van der Waals surface area contributed by atoms with Crippen molar-refractivity contribution in [2.75, 3.05) is 10.0 Å². The number of hydrogen-bond acceptors (Lipinski definition) is 6. The van der Waals surface area contributed by atoms with Crippen molar-refractivity contribution in [2.24, 2.45) is 0 Å². The molecule has 4 aromatic rings. The number of fused-ring (bicyclic) bond motifs is 1. The summed E-state index contributed by atoms with van der Waals surface area (Å²) in [5, 5.41) is 4.81. The molecule has 0 unspecified atom stereocenters. The number of nitrogens with zero attached hydrogens (tertiary/aromatic N) is 3. The van der Waals surface area contributed by atoms with Gasteiger partial charge in [-0.3, -0.25) is 13.9 Å². The van der Waals surface area contributed by atoms with Gasteiger partial charge in [0.1, 0.15) is 11.3 Å². The van der Waals surface area contributed by atoms with Crippen LogP contribution in [0.5, 0.6) is 0 Å². The highest BCUT2D eigenvalue weighted by Gasteiger charge is 2.20. The lowest BCUT2D eigenvalue weighted by Gasteiger charge is -2.09. The molecule has 30 heavy (non-hydrogen) atoms. The molecule has 3 aromatic heterocycles. The fourth-order valence-electron chi connectivity index (χ4n) is 3.09. The van der Waals surface area contributed by atoms with Gasteiger partial charge in [-0.2, -0.15) is 0 Å². The average Bonchev–Trinajstić information content (AvgIpc) is 3.36. The molecule has 154 valence electrons. The van der Waals surface area contributed by atoms with Crippen molar-refractivity contribution in [3.8, 4) is 0 Å². The molecule has 0 fully saturated rings. The minimum atomic E-state index is -3.74. The summed E-state index contributed by atoms with van der Waals surface area (Å²) in [5.41, 5.74) is 3.38. The number of amides is 1. The van der Waals surface area contributed by atoms with Gasteiger partial charge in [-0.05, 0) is 49.2 Å². The van der Waals surface area contributed by atoms with Crippen LogP contribution in [-0.4, -0.2) is 28.7 Å². The predicted octanol–water partition coefficient (Wildman–Crippen LogP) is 3.71. The minimum Gasteiger partial charge on any atom is -0.321 e. The van der Waals surface area contributed by atoms with Gasteiger partial charge in [0.05, 0.1) is 10.6 Å². The molecule has 8 nitrogen and oxygen atoms in total. The Morgan fingerprint density at radius 2 is 1.97 bits per heavy atom. The molecule has 0 atom stereocenters. The molecule has 0 spiro atoms. The van der Waals surface area contributed by atoms with Crippen LogP contribution in [0, 0.1) is 6.92 Å². The zero-order chi connectivity index (χ0) is 21.3. The van der Waals surface area contributed by atoms with E-state index in [9.17, 15) is 13.2 Å². The first kappa shape index (κ1) is 20.0. The first-order valence-corrected chi connectivity index (χ1v) is 11.6. The van der Waals surface area contributed by atoms with Crippen LogP contribution in [0.4, 0.5) is 10.8 Å². The summed E-state index contributed by atoms with van der Waals surface area (Å²) in [7, 11) is -3.74. The molecule has 2 N–H and O–H groups in total.